The van der Waals surface area contributed by atoms with E-state index in [0.717, 1.165) is 44.1 Å². The zero-order chi connectivity index (χ0) is 19.9. The SMILES string of the molecule is COC(=O)CCCCCCCC/C=C/[C@H](C)N(C=O)[C@H](S)c1ccccc1. The highest BCUT2D eigenvalue weighted by Gasteiger charge is 2.18. The normalized spacial score (nSPS) is 13.3. The summed E-state index contributed by atoms with van der Waals surface area (Å²) in [5.74, 6) is -0.116. The van der Waals surface area contributed by atoms with E-state index in [4.69, 9.17) is 0 Å². The standard InChI is InChI=1S/C22H33NO3S/c1-19(23(18-24)22(27)20-15-11-9-12-16-20)14-10-7-5-3-4-6-8-13-17-21(25)26-2/h9-12,14-16,18-19,22,27H,3-8,13,17H2,1-2H3/b14-10+/t19-,22+/m0/s1. The van der Waals surface area contributed by atoms with Gasteiger partial charge in [-0.3, -0.25) is 9.59 Å². The van der Waals surface area contributed by atoms with Crippen LogP contribution in [-0.4, -0.2) is 30.4 Å². The van der Waals surface area contributed by atoms with E-state index in [1.54, 1.807) is 4.90 Å². The Kier molecular flexibility index (Phi) is 12.4. The number of methoxy groups -OCH3 is 1. The van der Waals surface area contributed by atoms with Gasteiger partial charge in [0.25, 0.3) is 0 Å². The van der Waals surface area contributed by atoms with E-state index in [0.29, 0.717) is 6.42 Å². The summed E-state index contributed by atoms with van der Waals surface area (Å²) in [6.45, 7) is 2.01. The summed E-state index contributed by atoms with van der Waals surface area (Å²) in [7, 11) is 1.43. The van der Waals surface area contributed by atoms with Crippen LogP contribution in [0.15, 0.2) is 42.5 Å². The number of ether oxygens (including phenoxy) is 1. The number of hydrogen-bond donors (Lipinski definition) is 1. The molecular formula is C22H33NO3S. The van der Waals surface area contributed by atoms with Crippen molar-refractivity contribution in [2.75, 3.05) is 7.11 Å². The largest absolute Gasteiger partial charge is 0.469 e. The third kappa shape index (κ3) is 9.66. The fourth-order valence-electron chi connectivity index (χ4n) is 2.91. The van der Waals surface area contributed by atoms with E-state index < -0.39 is 0 Å². The average Bonchev–Trinajstić information content (AvgIpc) is 2.70. The van der Waals surface area contributed by atoms with Gasteiger partial charge in [-0.05, 0) is 31.7 Å². The summed E-state index contributed by atoms with van der Waals surface area (Å²) in [6.07, 6.45) is 13.3. The third-order valence-electron chi connectivity index (χ3n) is 4.62. The highest BCUT2D eigenvalue weighted by Crippen LogP contribution is 2.25. The molecule has 0 aliphatic carbocycles. The lowest BCUT2D eigenvalue weighted by atomic mass is 10.1. The van der Waals surface area contributed by atoms with E-state index in [9.17, 15) is 9.59 Å². The van der Waals surface area contributed by atoms with E-state index in [1.165, 1.54) is 20.0 Å². The van der Waals surface area contributed by atoms with Crippen LogP contribution >= 0.6 is 12.6 Å². The van der Waals surface area contributed by atoms with Crippen molar-refractivity contribution in [2.24, 2.45) is 0 Å². The molecule has 5 heteroatoms. The zero-order valence-corrected chi connectivity index (χ0v) is 17.4. The average molecular weight is 392 g/mol. The van der Waals surface area contributed by atoms with Crippen molar-refractivity contribution < 1.29 is 14.3 Å². The minimum absolute atomic E-state index is 0.00327. The van der Waals surface area contributed by atoms with Gasteiger partial charge in [-0.1, -0.05) is 68.2 Å². The predicted octanol–water partition coefficient (Wildman–Crippen LogP) is 5.31. The molecule has 0 heterocycles. The molecule has 150 valence electrons. The van der Waals surface area contributed by atoms with Crippen molar-refractivity contribution in [1.82, 2.24) is 4.90 Å². The van der Waals surface area contributed by atoms with Crippen LogP contribution < -0.4 is 0 Å². The van der Waals surface area contributed by atoms with Gasteiger partial charge in [0.1, 0.15) is 5.37 Å². The number of rotatable bonds is 14. The van der Waals surface area contributed by atoms with E-state index in [2.05, 4.69) is 29.5 Å². The highest BCUT2D eigenvalue weighted by atomic mass is 32.1. The van der Waals surface area contributed by atoms with Crippen LogP contribution in [0.25, 0.3) is 0 Å². The molecule has 1 aromatic rings. The molecule has 27 heavy (non-hydrogen) atoms. The summed E-state index contributed by atoms with van der Waals surface area (Å²) in [5, 5.41) is -0.242. The second-order valence-corrected chi connectivity index (χ2v) is 7.23. The Balaban J connectivity index is 2.20. The van der Waals surface area contributed by atoms with E-state index in [1.807, 2.05) is 37.3 Å². The van der Waals surface area contributed by atoms with Crippen LogP contribution in [-0.2, 0) is 14.3 Å². The second-order valence-electron chi connectivity index (χ2n) is 6.74. The first-order valence-electron chi connectivity index (χ1n) is 9.79. The van der Waals surface area contributed by atoms with Crippen molar-refractivity contribution in [3.8, 4) is 0 Å². The van der Waals surface area contributed by atoms with Crippen LogP contribution in [0.3, 0.4) is 0 Å². The van der Waals surface area contributed by atoms with Gasteiger partial charge in [-0.2, -0.15) is 0 Å². The smallest absolute Gasteiger partial charge is 0.305 e. The number of allylic oxidation sites excluding steroid dienone is 1. The third-order valence-corrected chi connectivity index (χ3v) is 5.18. The lowest BCUT2D eigenvalue weighted by Crippen LogP contribution is -2.31. The molecular weight excluding hydrogens is 358 g/mol. The van der Waals surface area contributed by atoms with Gasteiger partial charge in [0.15, 0.2) is 0 Å². The maximum Gasteiger partial charge on any atom is 0.305 e. The van der Waals surface area contributed by atoms with Gasteiger partial charge >= 0.3 is 5.97 Å². The molecule has 0 radical (unpaired) electrons. The second kappa shape index (κ2) is 14.3. The van der Waals surface area contributed by atoms with Crippen LogP contribution in [0.5, 0.6) is 0 Å². The Labute approximate surface area is 169 Å². The van der Waals surface area contributed by atoms with Crippen molar-refractivity contribution in [1.29, 1.82) is 0 Å². The maximum atomic E-state index is 11.5. The molecule has 0 unspecified atom stereocenters. The van der Waals surface area contributed by atoms with Gasteiger partial charge in [0.05, 0.1) is 7.11 Å². The van der Waals surface area contributed by atoms with Crippen LogP contribution in [0.4, 0.5) is 0 Å². The first kappa shape index (κ1) is 23.3. The molecule has 0 saturated carbocycles. The number of unbranched alkanes of at least 4 members (excludes halogenated alkanes) is 6. The summed E-state index contributed by atoms with van der Waals surface area (Å²) in [5.41, 5.74) is 1.01. The molecule has 0 bridgehead atoms. The molecule has 0 saturated heterocycles. The Morgan fingerprint density at radius 2 is 1.74 bits per heavy atom. The van der Waals surface area contributed by atoms with Crippen molar-refractivity contribution in [3.63, 3.8) is 0 Å². The number of carbonyl (C=O) groups is 2. The van der Waals surface area contributed by atoms with Gasteiger partial charge < -0.3 is 9.64 Å². The minimum atomic E-state index is -0.242. The van der Waals surface area contributed by atoms with Gasteiger partial charge in [-0.25, -0.2) is 0 Å². The Morgan fingerprint density at radius 3 is 2.37 bits per heavy atom. The lowest BCUT2D eigenvalue weighted by Gasteiger charge is -2.29. The van der Waals surface area contributed by atoms with E-state index in [-0.39, 0.29) is 17.4 Å². The van der Waals surface area contributed by atoms with E-state index >= 15 is 0 Å². The maximum absolute atomic E-state index is 11.5. The number of nitrogens with zero attached hydrogens (tertiary/aromatic N) is 1. The van der Waals surface area contributed by atoms with Crippen LogP contribution in [0.2, 0.25) is 0 Å². The summed E-state index contributed by atoms with van der Waals surface area (Å²) < 4.78 is 4.63. The summed E-state index contributed by atoms with van der Waals surface area (Å²) >= 11 is 4.60. The topological polar surface area (TPSA) is 46.6 Å². The minimum Gasteiger partial charge on any atom is -0.469 e. The number of carbonyl (C=O) groups excluding carboxylic acids is 2. The Morgan fingerprint density at radius 1 is 1.11 bits per heavy atom. The number of benzene rings is 1. The molecule has 2 atom stereocenters. The van der Waals surface area contributed by atoms with Gasteiger partial charge in [0, 0.05) is 12.5 Å². The molecule has 1 rings (SSSR count). The lowest BCUT2D eigenvalue weighted by molar-refractivity contribution is -0.140. The van der Waals surface area contributed by atoms with Crippen LogP contribution in [0.1, 0.15) is 69.2 Å². The Bertz CT molecular complexity index is 562. The molecule has 1 amide bonds. The quantitative estimate of drug-likeness (QED) is 0.117. The molecule has 0 spiro atoms. The van der Waals surface area contributed by atoms with Gasteiger partial charge in [-0.15, -0.1) is 12.6 Å². The van der Waals surface area contributed by atoms with Gasteiger partial charge in [0.2, 0.25) is 6.41 Å². The van der Waals surface area contributed by atoms with Crippen LogP contribution in [0, 0.1) is 0 Å². The molecule has 0 aliphatic heterocycles. The Hall–Kier alpha value is -1.75. The number of thiol groups is 1. The molecule has 1 aromatic carbocycles. The molecule has 0 aliphatic rings. The first-order chi connectivity index (χ1) is 13.1. The predicted molar refractivity (Wildman–Crippen MR) is 114 cm³/mol. The molecule has 0 aromatic heterocycles. The fraction of sp³-hybridized carbons (Fsp3) is 0.545. The van der Waals surface area contributed by atoms with Crippen molar-refractivity contribution in [3.05, 3.63) is 48.0 Å². The molecule has 4 nitrogen and oxygen atoms in total. The highest BCUT2D eigenvalue weighted by molar-refractivity contribution is 7.80. The monoisotopic (exact) mass is 391 g/mol. The number of amides is 1. The van der Waals surface area contributed by atoms with Crippen molar-refractivity contribution in [2.45, 2.75) is 69.7 Å². The number of hydrogen-bond acceptors (Lipinski definition) is 4. The molecule has 0 N–H and O–H groups in total. The summed E-state index contributed by atoms with van der Waals surface area (Å²) in [6, 6.07) is 9.83. The zero-order valence-electron chi connectivity index (χ0n) is 16.5. The summed E-state index contributed by atoms with van der Waals surface area (Å²) in [4.78, 5) is 24.2. The first-order valence-corrected chi connectivity index (χ1v) is 10.3. The fourth-order valence-corrected chi connectivity index (χ4v) is 3.34. The van der Waals surface area contributed by atoms with Crippen molar-refractivity contribution >= 4 is 25.0 Å². The number of esters is 1. The molecule has 0 fully saturated rings.